The van der Waals surface area contributed by atoms with Gasteiger partial charge in [0.15, 0.2) is 5.71 Å². The summed E-state index contributed by atoms with van der Waals surface area (Å²) in [7, 11) is 0. The summed E-state index contributed by atoms with van der Waals surface area (Å²) in [6.45, 7) is 3.68. The molecule has 20 heavy (non-hydrogen) atoms. The number of Topliss-reactive ketones (excluding diaryl/α,β-unsaturated/α-hetero) is 1. The summed E-state index contributed by atoms with van der Waals surface area (Å²) in [5.41, 5.74) is -0.687. The van der Waals surface area contributed by atoms with Gasteiger partial charge in [-0.3, -0.25) is 10.2 Å². The van der Waals surface area contributed by atoms with Gasteiger partial charge < -0.3 is 10.4 Å². The van der Waals surface area contributed by atoms with Crippen molar-refractivity contribution in [3.63, 3.8) is 0 Å². The zero-order valence-electron chi connectivity index (χ0n) is 11.1. The van der Waals surface area contributed by atoms with Crippen LogP contribution in [0.1, 0.15) is 19.4 Å². The Hall–Kier alpha value is -2.50. The Morgan fingerprint density at radius 1 is 1.30 bits per heavy atom. The first-order valence-corrected chi connectivity index (χ1v) is 5.91. The van der Waals surface area contributed by atoms with Crippen LogP contribution in [0.25, 0.3) is 5.57 Å². The Bertz CT molecular complexity index is 562. The standard InChI is InChI=1S/C14H15FN2O3/c1-8(2)17-7-11(13(18)12(16)14(19)20)9-3-5-10(15)6-4-9/h3-8,16-17H,1-2H3,(H,19,20)/b11-7-,16-12?. The Balaban J connectivity index is 3.18. The van der Waals surface area contributed by atoms with Gasteiger partial charge in [0.25, 0.3) is 0 Å². The van der Waals surface area contributed by atoms with Gasteiger partial charge in [-0.15, -0.1) is 0 Å². The zero-order valence-corrected chi connectivity index (χ0v) is 11.1. The van der Waals surface area contributed by atoms with Gasteiger partial charge in [0.05, 0.1) is 0 Å². The van der Waals surface area contributed by atoms with Gasteiger partial charge in [-0.2, -0.15) is 0 Å². The van der Waals surface area contributed by atoms with Crippen molar-refractivity contribution < 1.29 is 19.1 Å². The molecule has 0 heterocycles. The van der Waals surface area contributed by atoms with Gasteiger partial charge in [0, 0.05) is 17.8 Å². The number of carboxylic acid groups (broad SMARTS) is 1. The Morgan fingerprint density at radius 3 is 2.30 bits per heavy atom. The van der Waals surface area contributed by atoms with Gasteiger partial charge in [-0.05, 0) is 31.5 Å². The van der Waals surface area contributed by atoms with E-state index in [0.29, 0.717) is 5.56 Å². The third-order valence-electron chi connectivity index (χ3n) is 2.40. The molecule has 0 aliphatic heterocycles. The first-order valence-electron chi connectivity index (χ1n) is 5.91. The number of nitrogens with one attached hydrogen (secondary N) is 2. The van der Waals surface area contributed by atoms with Crippen LogP contribution in [0, 0.1) is 11.2 Å². The topological polar surface area (TPSA) is 90.3 Å². The quantitative estimate of drug-likeness (QED) is 0.421. The monoisotopic (exact) mass is 278 g/mol. The first-order chi connectivity index (χ1) is 9.32. The van der Waals surface area contributed by atoms with E-state index in [-0.39, 0.29) is 11.6 Å². The number of aliphatic carboxylic acids is 1. The molecule has 1 aromatic rings. The molecule has 0 amide bonds. The van der Waals surface area contributed by atoms with Gasteiger partial charge in [-0.1, -0.05) is 12.1 Å². The van der Waals surface area contributed by atoms with Crippen molar-refractivity contribution in [1.29, 1.82) is 5.41 Å². The molecule has 0 aromatic heterocycles. The number of hydrogen-bond donors (Lipinski definition) is 3. The van der Waals surface area contributed by atoms with Crippen molar-refractivity contribution in [2.45, 2.75) is 19.9 Å². The number of carbonyl (C=O) groups excluding carboxylic acids is 1. The third-order valence-corrected chi connectivity index (χ3v) is 2.40. The molecule has 0 unspecified atom stereocenters. The van der Waals surface area contributed by atoms with Crippen LogP contribution < -0.4 is 5.32 Å². The van der Waals surface area contributed by atoms with Crippen LogP contribution in [0.4, 0.5) is 4.39 Å². The second kappa shape index (κ2) is 6.60. The highest BCUT2D eigenvalue weighted by Crippen LogP contribution is 2.16. The van der Waals surface area contributed by atoms with Crippen LogP contribution in [0.3, 0.4) is 0 Å². The molecule has 3 N–H and O–H groups in total. The number of carboxylic acids is 1. The van der Waals surface area contributed by atoms with Crippen molar-refractivity contribution in [2.24, 2.45) is 0 Å². The van der Waals surface area contributed by atoms with E-state index in [0.717, 1.165) is 12.1 Å². The molecule has 6 heteroatoms. The summed E-state index contributed by atoms with van der Waals surface area (Å²) in [5.74, 6) is -3.00. The number of hydrogen-bond acceptors (Lipinski definition) is 4. The minimum absolute atomic E-state index is 0.00565. The van der Waals surface area contributed by atoms with Gasteiger partial charge in [-0.25, -0.2) is 9.18 Å². The van der Waals surface area contributed by atoms with Gasteiger partial charge in [0.2, 0.25) is 5.78 Å². The summed E-state index contributed by atoms with van der Waals surface area (Å²) in [5, 5.41) is 18.8. The van der Waals surface area contributed by atoms with Crippen LogP contribution in [0.15, 0.2) is 30.5 Å². The zero-order chi connectivity index (χ0) is 15.3. The molecule has 106 valence electrons. The van der Waals surface area contributed by atoms with E-state index >= 15 is 0 Å². The number of halogens is 1. The molecule has 0 saturated carbocycles. The third kappa shape index (κ3) is 4.01. The number of benzene rings is 1. The molecule has 0 radical (unpaired) electrons. The van der Waals surface area contributed by atoms with E-state index in [9.17, 15) is 14.0 Å². The maximum absolute atomic E-state index is 12.9. The van der Waals surface area contributed by atoms with Crippen molar-refractivity contribution in [2.75, 3.05) is 0 Å². The molecule has 0 atom stereocenters. The molecule has 0 saturated heterocycles. The summed E-state index contributed by atoms with van der Waals surface area (Å²) in [6.07, 6.45) is 1.34. The lowest BCUT2D eigenvalue weighted by Gasteiger charge is -2.10. The fourth-order valence-electron chi connectivity index (χ4n) is 1.39. The van der Waals surface area contributed by atoms with Crippen LogP contribution in [0.5, 0.6) is 0 Å². The maximum atomic E-state index is 12.9. The van der Waals surface area contributed by atoms with E-state index in [1.54, 1.807) is 0 Å². The Labute approximate surface area is 115 Å². The molecular formula is C14H15FN2O3. The molecule has 1 aromatic carbocycles. The van der Waals surface area contributed by atoms with Crippen molar-refractivity contribution in [1.82, 2.24) is 5.32 Å². The second-order valence-electron chi connectivity index (χ2n) is 4.40. The molecule has 0 spiro atoms. The van der Waals surface area contributed by atoms with E-state index < -0.39 is 23.3 Å². The van der Waals surface area contributed by atoms with Crippen LogP contribution in [-0.4, -0.2) is 28.6 Å². The predicted molar refractivity (Wildman–Crippen MR) is 73.0 cm³/mol. The molecular weight excluding hydrogens is 263 g/mol. The molecule has 0 aliphatic rings. The SMILES string of the molecule is CC(C)N/C=C(\C(=O)C(=N)C(=O)O)c1ccc(F)cc1. The highest BCUT2D eigenvalue weighted by Gasteiger charge is 2.22. The van der Waals surface area contributed by atoms with E-state index in [1.165, 1.54) is 18.3 Å². The Kier molecular flexibility index (Phi) is 5.14. The second-order valence-corrected chi connectivity index (χ2v) is 4.40. The van der Waals surface area contributed by atoms with Gasteiger partial charge >= 0.3 is 5.97 Å². The number of ketones is 1. The van der Waals surface area contributed by atoms with E-state index in [2.05, 4.69) is 5.32 Å². The molecule has 0 fully saturated rings. The summed E-state index contributed by atoms with van der Waals surface area (Å²) in [4.78, 5) is 22.7. The first kappa shape index (κ1) is 15.6. The fraction of sp³-hybridized carbons (Fsp3) is 0.214. The van der Waals surface area contributed by atoms with E-state index in [1.807, 2.05) is 13.8 Å². The van der Waals surface area contributed by atoms with Crippen LogP contribution >= 0.6 is 0 Å². The minimum atomic E-state index is -1.60. The summed E-state index contributed by atoms with van der Waals surface area (Å²) in [6, 6.07) is 5.07. The lowest BCUT2D eigenvalue weighted by molar-refractivity contribution is -0.130. The molecule has 5 nitrogen and oxygen atoms in total. The number of rotatable bonds is 6. The summed E-state index contributed by atoms with van der Waals surface area (Å²) >= 11 is 0. The average Bonchev–Trinajstić information content (AvgIpc) is 2.39. The van der Waals surface area contributed by atoms with Crippen molar-refractivity contribution in [3.05, 3.63) is 41.8 Å². The van der Waals surface area contributed by atoms with Crippen molar-refractivity contribution >= 4 is 23.0 Å². The van der Waals surface area contributed by atoms with Crippen LogP contribution in [0.2, 0.25) is 0 Å². The molecule has 0 bridgehead atoms. The summed E-state index contributed by atoms with van der Waals surface area (Å²) < 4.78 is 12.9. The minimum Gasteiger partial charge on any atom is -0.476 e. The average molecular weight is 278 g/mol. The lowest BCUT2D eigenvalue weighted by Crippen LogP contribution is -2.25. The molecule has 1 rings (SSSR count). The predicted octanol–water partition coefficient (Wildman–Crippen LogP) is 1.84. The molecule has 0 aliphatic carbocycles. The van der Waals surface area contributed by atoms with Crippen LogP contribution in [-0.2, 0) is 9.59 Å². The van der Waals surface area contributed by atoms with E-state index in [4.69, 9.17) is 10.5 Å². The highest BCUT2D eigenvalue weighted by molar-refractivity contribution is 6.71. The smallest absolute Gasteiger partial charge is 0.357 e. The van der Waals surface area contributed by atoms with Crippen molar-refractivity contribution in [3.8, 4) is 0 Å². The van der Waals surface area contributed by atoms with Gasteiger partial charge in [0.1, 0.15) is 5.82 Å². The Morgan fingerprint density at radius 2 is 1.85 bits per heavy atom. The lowest BCUT2D eigenvalue weighted by atomic mass is 9.99. The largest absolute Gasteiger partial charge is 0.476 e. The fourth-order valence-corrected chi connectivity index (χ4v) is 1.39. The maximum Gasteiger partial charge on any atom is 0.357 e. The normalized spacial score (nSPS) is 11.3. The number of allylic oxidation sites excluding steroid dienone is 1. The number of carbonyl (C=O) groups is 2. The highest BCUT2D eigenvalue weighted by atomic mass is 19.1.